The Morgan fingerprint density at radius 2 is 1.90 bits per heavy atom. The van der Waals surface area contributed by atoms with Gasteiger partial charge in [0.15, 0.2) is 0 Å². The second kappa shape index (κ2) is 13.7. The molecule has 0 atom stereocenters. The van der Waals surface area contributed by atoms with Gasteiger partial charge in [-0.05, 0) is 61.1 Å². The lowest BCUT2D eigenvalue weighted by atomic mass is 10.1. The van der Waals surface area contributed by atoms with E-state index in [9.17, 15) is 14.3 Å². The monoisotopic (exact) mass is 564 g/mol. The maximum atomic E-state index is 14.6. The molecule has 0 spiro atoms. The molecule has 0 fully saturated rings. The van der Waals surface area contributed by atoms with E-state index in [0.717, 1.165) is 18.7 Å². The molecule has 11 heteroatoms. The van der Waals surface area contributed by atoms with Gasteiger partial charge in [0, 0.05) is 41.5 Å². The van der Waals surface area contributed by atoms with Crippen LogP contribution in [0.3, 0.4) is 0 Å². The lowest BCUT2D eigenvalue weighted by molar-refractivity contribution is -0.116. The van der Waals surface area contributed by atoms with Gasteiger partial charge >= 0.3 is 0 Å². The van der Waals surface area contributed by atoms with Gasteiger partial charge in [-0.25, -0.2) is 9.37 Å². The summed E-state index contributed by atoms with van der Waals surface area (Å²) in [6.07, 6.45) is 1.90. The van der Waals surface area contributed by atoms with Crippen molar-refractivity contribution >= 4 is 34.7 Å². The predicted octanol–water partition coefficient (Wildman–Crippen LogP) is 6.03. The van der Waals surface area contributed by atoms with E-state index in [4.69, 9.17) is 16.3 Å². The molecule has 9 nitrogen and oxygen atoms in total. The molecule has 3 N–H and O–H groups in total. The number of aromatic nitrogens is 3. The highest BCUT2D eigenvalue weighted by Gasteiger charge is 2.15. The Hall–Kier alpha value is -4.28. The summed E-state index contributed by atoms with van der Waals surface area (Å²) in [5.74, 6) is -0.00972. The van der Waals surface area contributed by atoms with Crippen molar-refractivity contribution in [1.29, 1.82) is 0 Å². The number of amides is 1. The van der Waals surface area contributed by atoms with E-state index in [-0.39, 0.29) is 35.4 Å². The minimum absolute atomic E-state index is 0.104. The van der Waals surface area contributed by atoms with Gasteiger partial charge in [0.25, 0.3) is 5.88 Å². The largest absolute Gasteiger partial charge is 0.508 e. The summed E-state index contributed by atoms with van der Waals surface area (Å²) in [5.41, 5.74) is 2.12. The Morgan fingerprint density at radius 1 is 1.07 bits per heavy atom. The SMILES string of the molecule is CCN(CC)CCC(=O)Nc1cc(Nc2cc(-c3cc(Cl)ccc3F)nnc2OCc2cccc(O)c2)ccn1. The summed E-state index contributed by atoms with van der Waals surface area (Å²) in [4.78, 5) is 18.9. The van der Waals surface area contributed by atoms with E-state index >= 15 is 0 Å². The molecule has 2 heterocycles. The summed E-state index contributed by atoms with van der Waals surface area (Å²) in [6, 6.07) is 15.8. The number of carbonyl (C=O) groups is 1. The first-order chi connectivity index (χ1) is 19.3. The Labute approximate surface area is 237 Å². The number of benzene rings is 2. The fourth-order valence-corrected chi connectivity index (χ4v) is 4.11. The van der Waals surface area contributed by atoms with Crippen LogP contribution in [0.2, 0.25) is 5.02 Å². The predicted molar refractivity (Wildman–Crippen MR) is 153 cm³/mol. The summed E-state index contributed by atoms with van der Waals surface area (Å²) in [7, 11) is 0. The lowest BCUT2D eigenvalue weighted by Crippen LogP contribution is -2.27. The third-order valence-corrected chi connectivity index (χ3v) is 6.34. The van der Waals surface area contributed by atoms with Gasteiger partial charge in [0.1, 0.15) is 29.7 Å². The van der Waals surface area contributed by atoms with E-state index in [1.54, 1.807) is 48.7 Å². The van der Waals surface area contributed by atoms with Crippen molar-refractivity contribution in [2.75, 3.05) is 30.3 Å². The van der Waals surface area contributed by atoms with Crippen molar-refractivity contribution in [2.24, 2.45) is 0 Å². The molecule has 0 radical (unpaired) electrons. The van der Waals surface area contributed by atoms with Crippen molar-refractivity contribution in [3.63, 3.8) is 0 Å². The second-order valence-electron chi connectivity index (χ2n) is 8.91. The molecule has 0 bridgehead atoms. The van der Waals surface area contributed by atoms with Crippen LogP contribution in [0.1, 0.15) is 25.8 Å². The number of ether oxygens (including phenoxy) is 1. The number of aromatic hydroxyl groups is 1. The second-order valence-corrected chi connectivity index (χ2v) is 9.35. The van der Waals surface area contributed by atoms with Gasteiger partial charge in [-0.15, -0.1) is 10.2 Å². The van der Waals surface area contributed by atoms with Gasteiger partial charge < -0.3 is 25.4 Å². The smallest absolute Gasteiger partial charge is 0.257 e. The van der Waals surface area contributed by atoms with E-state index in [1.807, 2.05) is 0 Å². The van der Waals surface area contributed by atoms with Crippen LogP contribution in [0.5, 0.6) is 11.6 Å². The Morgan fingerprint density at radius 3 is 2.67 bits per heavy atom. The molecule has 0 unspecified atom stereocenters. The zero-order chi connectivity index (χ0) is 28.5. The maximum Gasteiger partial charge on any atom is 0.257 e. The van der Waals surface area contributed by atoms with Gasteiger partial charge in [-0.3, -0.25) is 4.79 Å². The number of carbonyl (C=O) groups excluding carboxylic acids is 1. The molecular formula is C29H30ClFN6O3. The highest BCUT2D eigenvalue weighted by Crippen LogP contribution is 2.32. The quantitative estimate of drug-likeness (QED) is 0.191. The van der Waals surface area contributed by atoms with Crippen LogP contribution in [0.25, 0.3) is 11.3 Å². The molecule has 0 aliphatic heterocycles. The number of hydrogen-bond acceptors (Lipinski definition) is 8. The van der Waals surface area contributed by atoms with E-state index in [1.165, 1.54) is 18.2 Å². The number of rotatable bonds is 12. The first-order valence-corrected chi connectivity index (χ1v) is 13.2. The molecule has 0 saturated carbocycles. The Balaban J connectivity index is 1.58. The first-order valence-electron chi connectivity index (χ1n) is 12.8. The summed E-state index contributed by atoms with van der Waals surface area (Å²) in [5, 5.41) is 24.5. The van der Waals surface area contributed by atoms with E-state index < -0.39 is 5.82 Å². The highest BCUT2D eigenvalue weighted by molar-refractivity contribution is 6.30. The zero-order valence-electron chi connectivity index (χ0n) is 22.2. The van der Waals surface area contributed by atoms with Gasteiger partial charge in [-0.1, -0.05) is 37.6 Å². The summed E-state index contributed by atoms with van der Waals surface area (Å²) >= 11 is 6.09. The van der Waals surface area contributed by atoms with Crippen LogP contribution < -0.4 is 15.4 Å². The van der Waals surface area contributed by atoms with Gasteiger partial charge in [0.05, 0.1) is 5.69 Å². The van der Waals surface area contributed by atoms with Crippen molar-refractivity contribution in [3.8, 4) is 22.9 Å². The highest BCUT2D eigenvalue weighted by atomic mass is 35.5. The number of anilines is 3. The minimum atomic E-state index is -0.503. The number of nitrogens with one attached hydrogen (secondary N) is 2. The topological polar surface area (TPSA) is 113 Å². The van der Waals surface area contributed by atoms with Crippen molar-refractivity contribution < 1.29 is 19.0 Å². The van der Waals surface area contributed by atoms with Crippen LogP contribution in [0, 0.1) is 5.82 Å². The summed E-state index contributed by atoms with van der Waals surface area (Å²) < 4.78 is 20.5. The van der Waals surface area contributed by atoms with E-state index in [2.05, 4.69) is 44.6 Å². The molecule has 2 aromatic carbocycles. The molecule has 0 saturated heterocycles. The van der Waals surface area contributed by atoms with Crippen molar-refractivity contribution in [2.45, 2.75) is 26.9 Å². The number of nitrogens with zero attached hydrogens (tertiary/aromatic N) is 4. The maximum absolute atomic E-state index is 14.6. The zero-order valence-corrected chi connectivity index (χ0v) is 23.0. The molecule has 4 rings (SSSR count). The van der Waals surface area contributed by atoms with E-state index in [0.29, 0.717) is 35.2 Å². The van der Waals surface area contributed by atoms with Crippen LogP contribution in [-0.4, -0.2) is 50.7 Å². The number of phenols is 1. The number of hydrogen-bond donors (Lipinski definition) is 3. The molecule has 0 aliphatic carbocycles. The molecule has 40 heavy (non-hydrogen) atoms. The Bertz CT molecular complexity index is 1470. The van der Waals surface area contributed by atoms with Crippen LogP contribution in [0.15, 0.2) is 66.9 Å². The summed E-state index contributed by atoms with van der Waals surface area (Å²) in [6.45, 7) is 6.62. The first kappa shape index (κ1) is 28.7. The molecule has 0 aliphatic rings. The van der Waals surface area contributed by atoms with Crippen LogP contribution in [-0.2, 0) is 11.4 Å². The number of pyridine rings is 1. The molecule has 2 aromatic heterocycles. The van der Waals surface area contributed by atoms with Crippen molar-refractivity contribution in [3.05, 3.63) is 83.3 Å². The minimum Gasteiger partial charge on any atom is -0.508 e. The van der Waals surface area contributed by atoms with Crippen molar-refractivity contribution in [1.82, 2.24) is 20.1 Å². The standard InChI is InChI=1S/C29H30ClFN6O3/c1-3-37(4-2)13-11-28(39)34-27-16-21(10-12-32-27)33-26-17-25(23-15-20(30)8-9-24(23)31)35-36-29(26)40-18-19-6-5-7-22(38)14-19/h5-10,12,14-17,38H,3-4,11,13,18H2,1-2H3,(H2,32,33,34,35,39). The van der Waals surface area contributed by atoms with Gasteiger partial charge in [-0.2, -0.15) is 0 Å². The Kier molecular flexibility index (Phi) is 9.82. The molecule has 4 aromatic rings. The number of halogens is 2. The van der Waals surface area contributed by atoms with Gasteiger partial charge in [0.2, 0.25) is 5.91 Å². The molecule has 1 amide bonds. The average Bonchev–Trinajstić information content (AvgIpc) is 2.94. The average molecular weight is 565 g/mol. The normalized spacial score (nSPS) is 10.9. The fourth-order valence-electron chi connectivity index (χ4n) is 3.94. The third-order valence-electron chi connectivity index (χ3n) is 6.11. The van der Waals surface area contributed by atoms with Crippen LogP contribution in [0.4, 0.5) is 21.6 Å². The number of phenolic OH excluding ortho intramolecular Hbond substituents is 1. The fraction of sp³-hybridized carbons (Fsp3) is 0.241. The lowest BCUT2D eigenvalue weighted by Gasteiger charge is -2.17. The van der Waals surface area contributed by atoms with Crippen LogP contribution >= 0.6 is 11.6 Å². The third kappa shape index (κ3) is 7.87. The molecular weight excluding hydrogens is 535 g/mol. The molecule has 208 valence electrons.